The quantitative estimate of drug-likeness (QED) is 0.875. The van der Waals surface area contributed by atoms with Gasteiger partial charge in [-0.3, -0.25) is 4.31 Å². The number of anilines is 1. The lowest BCUT2D eigenvalue weighted by Gasteiger charge is -2.21. The molecule has 0 saturated heterocycles. The van der Waals surface area contributed by atoms with Crippen molar-refractivity contribution >= 4 is 21.7 Å². The molecule has 7 nitrogen and oxygen atoms in total. The molecule has 1 aliphatic heterocycles. The molecule has 0 fully saturated rings. The van der Waals surface area contributed by atoms with Crippen LogP contribution in [0.25, 0.3) is 0 Å². The van der Waals surface area contributed by atoms with Crippen LogP contribution in [-0.2, 0) is 16.4 Å². The zero-order valence-electron chi connectivity index (χ0n) is 13.7. The highest BCUT2D eigenvalue weighted by molar-refractivity contribution is 7.92. The molecule has 8 heteroatoms. The van der Waals surface area contributed by atoms with Gasteiger partial charge in [-0.2, -0.15) is 0 Å². The summed E-state index contributed by atoms with van der Waals surface area (Å²) >= 11 is 0. The van der Waals surface area contributed by atoms with Crippen molar-refractivity contribution in [2.24, 2.45) is 0 Å². The molecule has 25 heavy (non-hydrogen) atoms. The molecule has 1 aliphatic rings. The van der Waals surface area contributed by atoms with E-state index in [0.29, 0.717) is 18.7 Å². The Kier molecular flexibility index (Phi) is 4.30. The van der Waals surface area contributed by atoms with Gasteiger partial charge in [-0.05, 0) is 24.1 Å². The number of benzene rings is 2. The summed E-state index contributed by atoms with van der Waals surface area (Å²) in [4.78, 5) is 11.4. The van der Waals surface area contributed by atoms with Gasteiger partial charge in [0.05, 0.1) is 24.8 Å². The first-order chi connectivity index (χ1) is 11.9. The molecule has 0 aromatic heterocycles. The smallest absolute Gasteiger partial charge is 0.339 e. The van der Waals surface area contributed by atoms with E-state index in [2.05, 4.69) is 0 Å². The minimum absolute atomic E-state index is 0.0178. The highest BCUT2D eigenvalue weighted by Crippen LogP contribution is 2.38. The van der Waals surface area contributed by atoms with Crippen LogP contribution in [0.5, 0.6) is 11.5 Å². The van der Waals surface area contributed by atoms with E-state index >= 15 is 0 Å². The Morgan fingerprint density at radius 3 is 2.52 bits per heavy atom. The molecule has 0 amide bonds. The van der Waals surface area contributed by atoms with E-state index in [9.17, 15) is 18.3 Å². The van der Waals surface area contributed by atoms with Gasteiger partial charge >= 0.3 is 5.97 Å². The lowest BCUT2D eigenvalue weighted by molar-refractivity contribution is 0.0692. The van der Waals surface area contributed by atoms with Gasteiger partial charge in [0.2, 0.25) is 0 Å². The van der Waals surface area contributed by atoms with Gasteiger partial charge < -0.3 is 14.6 Å². The maximum Gasteiger partial charge on any atom is 0.339 e. The molecule has 0 aliphatic carbocycles. The number of para-hydroxylation sites is 1. The predicted molar refractivity (Wildman–Crippen MR) is 91.2 cm³/mol. The van der Waals surface area contributed by atoms with E-state index in [4.69, 9.17) is 9.47 Å². The summed E-state index contributed by atoms with van der Waals surface area (Å²) in [6, 6.07) is 9.61. The molecule has 0 atom stereocenters. The van der Waals surface area contributed by atoms with Gasteiger partial charge in [-0.1, -0.05) is 18.2 Å². The fraction of sp³-hybridized carbons (Fsp3) is 0.235. The minimum atomic E-state index is -3.93. The average Bonchev–Trinajstić information content (AvgIpc) is 3.05. The van der Waals surface area contributed by atoms with Crippen molar-refractivity contribution in [3.63, 3.8) is 0 Å². The van der Waals surface area contributed by atoms with Gasteiger partial charge in [-0.25, -0.2) is 13.2 Å². The Balaban J connectivity index is 2.16. The monoisotopic (exact) mass is 363 g/mol. The fourth-order valence-electron chi connectivity index (χ4n) is 2.93. The number of hydrogen-bond donors (Lipinski definition) is 1. The number of carboxylic acids is 1. The molecule has 0 radical (unpaired) electrons. The number of methoxy groups -OCH3 is 2. The standard InChI is InChI=1S/C17H17NO6S/c1-23-15-10-12(9-13(17(19)20)16(15)24-2)25(21,22)18-8-7-11-5-3-4-6-14(11)18/h3-6,9-10H,7-8H2,1-2H3,(H,19,20). The van der Waals surface area contributed by atoms with Crippen molar-refractivity contribution in [2.45, 2.75) is 11.3 Å². The van der Waals surface area contributed by atoms with Crippen LogP contribution in [0.15, 0.2) is 41.3 Å². The first-order valence-electron chi connectivity index (χ1n) is 7.50. The average molecular weight is 363 g/mol. The van der Waals surface area contributed by atoms with Gasteiger partial charge in [-0.15, -0.1) is 0 Å². The number of fused-ring (bicyclic) bond motifs is 1. The molecule has 1 N–H and O–H groups in total. The fourth-order valence-corrected chi connectivity index (χ4v) is 4.48. The second-order valence-corrected chi connectivity index (χ2v) is 7.33. The third-order valence-electron chi connectivity index (χ3n) is 4.12. The summed E-state index contributed by atoms with van der Waals surface area (Å²) in [5.41, 5.74) is 1.27. The molecule has 3 rings (SSSR count). The number of hydrogen-bond acceptors (Lipinski definition) is 5. The number of ether oxygens (including phenoxy) is 2. The number of carboxylic acid groups (broad SMARTS) is 1. The molecular weight excluding hydrogens is 346 g/mol. The molecule has 0 spiro atoms. The topological polar surface area (TPSA) is 93.1 Å². The van der Waals surface area contributed by atoms with Crippen LogP contribution in [0.2, 0.25) is 0 Å². The first-order valence-corrected chi connectivity index (χ1v) is 8.94. The highest BCUT2D eigenvalue weighted by atomic mass is 32.2. The molecule has 0 bridgehead atoms. The number of carbonyl (C=O) groups is 1. The summed E-state index contributed by atoms with van der Waals surface area (Å²) < 4.78 is 37.6. The lowest BCUT2D eigenvalue weighted by atomic mass is 10.2. The number of aromatic carboxylic acids is 1. The third kappa shape index (κ3) is 2.78. The number of nitrogens with zero attached hydrogens (tertiary/aromatic N) is 1. The predicted octanol–water partition coefficient (Wildman–Crippen LogP) is 2.15. The van der Waals surface area contributed by atoms with Crippen molar-refractivity contribution in [1.29, 1.82) is 0 Å². The zero-order valence-corrected chi connectivity index (χ0v) is 14.5. The Morgan fingerprint density at radius 1 is 1.16 bits per heavy atom. The summed E-state index contributed by atoms with van der Waals surface area (Å²) in [5, 5.41) is 9.39. The lowest BCUT2D eigenvalue weighted by Crippen LogP contribution is -2.29. The van der Waals surface area contributed by atoms with Crippen molar-refractivity contribution in [1.82, 2.24) is 0 Å². The molecule has 0 saturated carbocycles. The summed E-state index contributed by atoms with van der Waals surface area (Å²) in [6.45, 7) is 0.304. The van der Waals surface area contributed by atoms with Gasteiger partial charge in [0, 0.05) is 12.6 Å². The van der Waals surface area contributed by atoms with Gasteiger partial charge in [0.25, 0.3) is 10.0 Å². The highest BCUT2D eigenvalue weighted by Gasteiger charge is 2.32. The van der Waals surface area contributed by atoms with Crippen molar-refractivity contribution in [2.75, 3.05) is 25.1 Å². The van der Waals surface area contributed by atoms with E-state index in [1.807, 2.05) is 12.1 Å². The maximum atomic E-state index is 13.1. The Morgan fingerprint density at radius 2 is 1.88 bits per heavy atom. The van der Waals surface area contributed by atoms with Crippen LogP contribution < -0.4 is 13.8 Å². The van der Waals surface area contributed by atoms with Crippen LogP contribution in [0, 0.1) is 0 Å². The molecule has 1 heterocycles. The van der Waals surface area contributed by atoms with Crippen LogP contribution in [0.1, 0.15) is 15.9 Å². The van der Waals surface area contributed by atoms with Crippen LogP contribution >= 0.6 is 0 Å². The third-order valence-corrected chi connectivity index (χ3v) is 5.91. The zero-order chi connectivity index (χ0) is 18.2. The number of sulfonamides is 1. The van der Waals surface area contributed by atoms with Crippen LogP contribution in [0.4, 0.5) is 5.69 Å². The second-order valence-electron chi connectivity index (χ2n) is 5.47. The van der Waals surface area contributed by atoms with Crippen molar-refractivity contribution < 1.29 is 27.8 Å². The minimum Gasteiger partial charge on any atom is -0.493 e. The summed E-state index contributed by atoms with van der Waals surface area (Å²) in [6.07, 6.45) is 0.606. The Hall–Kier alpha value is -2.74. The SMILES string of the molecule is COc1cc(S(=O)(=O)N2CCc3ccccc32)cc(C(=O)O)c1OC. The van der Waals surface area contributed by atoms with Crippen LogP contribution in [0.3, 0.4) is 0 Å². The van der Waals surface area contributed by atoms with E-state index in [0.717, 1.165) is 11.6 Å². The summed E-state index contributed by atoms with van der Waals surface area (Å²) in [5.74, 6) is -1.27. The molecule has 2 aromatic carbocycles. The van der Waals surface area contributed by atoms with Crippen LogP contribution in [-0.4, -0.2) is 40.3 Å². The number of rotatable bonds is 5. The van der Waals surface area contributed by atoms with Gasteiger partial charge in [0.1, 0.15) is 5.56 Å². The van der Waals surface area contributed by atoms with Gasteiger partial charge in [0.15, 0.2) is 11.5 Å². The van der Waals surface area contributed by atoms with E-state index < -0.39 is 16.0 Å². The van der Waals surface area contributed by atoms with E-state index in [1.165, 1.54) is 24.6 Å². The summed E-state index contributed by atoms with van der Waals surface area (Å²) in [7, 11) is -1.31. The molecular formula is C17H17NO6S. The largest absolute Gasteiger partial charge is 0.493 e. The first kappa shape index (κ1) is 17.1. The normalized spacial score (nSPS) is 13.4. The Bertz CT molecular complexity index is 938. The van der Waals surface area contributed by atoms with E-state index in [1.54, 1.807) is 12.1 Å². The molecule has 2 aromatic rings. The van der Waals surface area contributed by atoms with Crippen molar-refractivity contribution in [3.8, 4) is 11.5 Å². The van der Waals surface area contributed by atoms with Crippen molar-refractivity contribution in [3.05, 3.63) is 47.5 Å². The van der Waals surface area contributed by atoms with E-state index in [-0.39, 0.29) is 22.0 Å². The second kappa shape index (κ2) is 6.29. The molecule has 132 valence electrons. The molecule has 0 unspecified atom stereocenters. The maximum absolute atomic E-state index is 13.1. The Labute approximate surface area is 145 Å².